The van der Waals surface area contributed by atoms with Crippen LogP contribution in [-0.4, -0.2) is 62.2 Å². The number of hydrogen-bond acceptors (Lipinski definition) is 7. The van der Waals surface area contributed by atoms with E-state index < -0.39 is 39.8 Å². The minimum absolute atomic E-state index is 0.0288. The Morgan fingerprint density at radius 3 is 2.46 bits per heavy atom. The number of epoxide rings is 1. The monoisotopic (exact) mass is 488 g/mol. The molecule has 7 nitrogen and oxygen atoms in total. The van der Waals surface area contributed by atoms with E-state index in [1.54, 1.807) is 13.0 Å². The third-order valence-electron chi connectivity index (χ3n) is 12.3. The lowest BCUT2D eigenvalue weighted by molar-refractivity contribution is -0.261. The first-order valence-electron chi connectivity index (χ1n) is 13.5. The fraction of sp³-hybridized carbons (Fsp3) is 0.857. The zero-order valence-electron chi connectivity index (χ0n) is 21.5. The van der Waals surface area contributed by atoms with Gasteiger partial charge in [-0.1, -0.05) is 20.8 Å². The van der Waals surface area contributed by atoms with Gasteiger partial charge in [0.05, 0.1) is 17.4 Å². The molecule has 3 saturated carbocycles. The first-order valence-corrected chi connectivity index (χ1v) is 13.5. The summed E-state index contributed by atoms with van der Waals surface area (Å²) < 4.78 is 11.9. The van der Waals surface area contributed by atoms with E-state index in [0.29, 0.717) is 25.7 Å². The van der Waals surface area contributed by atoms with Gasteiger partial charge in [0.15, 0.2) is 5.78 Å². The van der Waals surface area contributed by atoms with Crippen LogP contribution in [-0.2, 0) is 19.1 Å². The number of fused-ring (bicyclic) bond motifs is 4. The number of hydrogen-bond donors (Lipinski definition) is 3. The molecule has 0 aromatic rings. The highest BCUT2D eigenvalue weighted by Crippen LogP contribution is 2.74. The molecule has 0 bridgehead atoms. The van der Waals surface area contributed by atoms with Crippen molar-refractivity contribution in [2.75, 3.05) is 0 Å². The molecule has 7 heteroatoms. The smallest absolute Gasteiger partial charge is 0.309 e. The van der Waals surface area contributed by atoms with Crippen molar-refractivity contribution in [1.82, 2.24) is 0 Å². The first kappa shape index (κ1) is 24.1. The summed E-state index contributed by atoms with van der Waals surface area (Å²) in [6, 6.07) is 0. The highest BCUT2D eigenvalue weighted by molar-refractivity contribution is 5.98. The lowest BCUT2D eigenvalue weighted by Gasteiger charge is -2.61. The molecule has 2 saturated heterocycles. The third kappa shape index (κ3) is 2.56. The molecule has 194 valence electrons. The Kier molecular flexibility index (Phi) is 4.80. The van der Waals surface area contributed by atoms with E-state index in [9.17, 15) is 24.9 Å². The third-order valence-corrected chi connectivity index (χ3v) is 12.3. The van der Waals surface area contributed by atoms with Gasteiger partial charge in [0, 0.05) is 5.41 Å². The highest BCUT2D eigenvalue weighted by Gasteiger charge is 2.81. The number of ether oxygens (including phenoxy) is 2. The number of carbonyl (C=O) groups is 2. The van der Waals surface area contributed by atoms with Gasteiger partial charge in [0.25, 0.3) is 0 Å². The van der Waals surface area contributed by atoms with Crippen molar-refractivity contribution in [2.24, 2.45) is 40.4 Å². The number of aliphatic hydroxyl groups is 3. The van der Waals surface area contributed by atoms with E-state index >= 15 is 0 Å². The molecule has 1 spiro atoms. The maximum Gasteiger partial charge on any atom is 0.309 e. The van der Waals surface area contributed by atoms with Crippen molar-refractivity contribution in [3.63, 3.8) is 0 Å². The van der Waals surface area contributed by atoms with Crippen molar-refractivity contribution in [1.29, 1.82) is 0 Å². The van der Waals surface area contributed by atoms with Crippen LogP contribution < -0.4 is 0 Å². The van der Waals surface area contributed by atoms with Gasteiger partial charge in [-0.2, -0.15) is 0 Å². The predicted molar refractivity (Wildman–Crippen MR) is 126 cm³/mol. The Balaban J connectivity index is 1.34. The summed E-state index contributed by atoms with van der Waals surface area (Å²) in [5, 5.41) is 35.1. The van der Waals surface area contributed by atoms with Gasteiger partial charge in [-0.3, -0.25) is 9.59 Å². The fourth-order valence-corrected chi connectivity index (χ4v) is 9.72. The topological polar surface area (TPSA) is 117 Å². The van der Waals surface area contributed by atoms with Gasteiger partial charge in [0.1, 0.15) is 29.0 Å². The van der Waals surface area contributed by atoms with Crippen molar-refractivity contribution >= 4 is 11.8 Å². The largest absolute Gasteiger partial charge is 0.459 e. The second kappa shape index (κ2) is 6.97. The van der Waals surface area contributed by atoms with Crippen molar-refractivity contribution in [3.8, 4) is 0 Å². The van der Waals surface area contributed by atoms with Gasteiger partial charge in [-0.05, 0) is 88.2 Å². The Bertz CT molecular complexity index is 1010. The van der Waals surface area contributed by atoms with Crippen molar-refractivity contribution in [2.45, 2.75) is 108 Å². The highest BCUT2D eigenvalue weighted by atomic mass is 16.6. The molecule has 6 aliphatic rings. The standard InChI is InChI=1S/C28H40O7/c1-14-12-21(34-23(31)15(14)2)26(5,32)27(33)11-9-17-16-13-22-28(35-22)20(30)7-6-19(29)25(28,4)18(16)8-10-24(17,27)3/h6-7,14-18,20-22,30,32-33H,8-13H2,1-5H3. The molecule has 2 aliphatic heterocycles. The summed E-state index contributed by atoms with van der Waals surface area (Å²) in [6.07, 6.45) is 5.20. The van der Waals surface area contributed by atoms with Crippen LogP contribution in [0.25, 0.3) is 0 Å². The van der Waals surface area contributed by atoms with Gasteiger partial charge < -0.3 is 24.8 Å². The SMILES string of the molecule is CC1CC(C(C)(O)C2(O)CCC3C4CC5OC56C(O)C=CC(=O)C6(C)C4CCC32C)OC(=O)C1C. The Hall–Kier alpha value is -1.28. The van der Waals surface area contributed by atoms with E-state index in [4.69, 9.17) is 9.47 Å². The van der Waals surface area contributed by atoms with E-state index in [-0.39, 0.29) is 47.4 Å². The van der Waals surface area contributed by atoms with Crippen molar-refractivity contribution in [3.05, 3.63) is 12.2 Å². The number of esters is 1. The number of cyclic esters (lactones) is 1. The van der Waals surface area contributed by atoms with Gasteiger partial charge >= 0.3 is 5.97 Å². The molecule has 0 aromatic heterocycles. The molecule has 0 radical (unpaired) electrons. The lowest BCUT2D eigenvalue weighted by atomic mass is 9.43. The predicted octanol–water partition coefficient (Wildman–Crippen LogP) is 2.55. The molecule has 35 heavy (non-hydrogen) atoms. The van der Waals surface area contributed by atoms with Crippen LogP contribution in [0.3, 0.4) is 0 Å². The molecular weight excluding hydrogens is 448 g/mol. The normalized spacial score (nSPS) is 58.4. The van der Waals surface area contributed by atoms with Crippen LogP contribution in [0.2, 0.25) is 0 Å². The van der Waals surface area contributed by atoms with Gasteiger partial charge in [0.2, 0.25) is 0 Å². The number of ketones is 1. The molecule has 5 fully saturated rings. The molecule has 2 heterocycles. The first-order chi connectivity index (χ1) is 16.3. The average molecular weight is 489 g/mol. The zero-order valence-corrected chi connectivity index (χ0v) is 21.5. The van der Waals surface area contributed by atoms with Crippen LogP contribution in [0.5, 0.6) is 0 Å². The van der Waals surface area contributed by atoms with Crippen LogP contribution in [0.1, 0.15) is 73.1 Å². The lowest BCUT2D eigenvalue weighted by Crippen LogP contribution is -2.69. The number of carbonyl (C=O) groups excluding carboxylic acids is 2. The molecule has 13 atom stereocenters. The minimum atomic E-state index is -1.59. The zero-order chi connectivity index (χ0) is 25.3. The Labute approximate surface area is 207 Å². The maximum absolute atomic E-state index is 13.3. The second-order valence-corrected chi connectivity index (χ2v) is 13.3. The maximum atomic E-state index is 13.3. The number of rotatable bonds is 2. The molecule has 3 N–H and O–H groups in total. The summed E-state index contributed by atoms with van der Waals surface area (Å²) in [6.45, 7) is 9.56. The van der Waals surface area contributed by atoms with E-state index in [1.807, 2.05) is 20.8 Å². The fourth-order valence-electron chi connectivity index (χ4n) is 9.72. The summed E-state index contributed by atoms with van der Waals surface area (Å²) >= 11 is 0. The van der Waals surface area contributed by atoms with Crippen LogP contribution in [0.4, 0.5) is 0 Å². The Morgan fingerprint density at radius 1 is 1.09 bits per heavy atom. The van der Waals surface area contributed by atoms with Crippen LogP contribution in [0, 0.1) is 40.4 Å². The summed E-state index contributed by atoms with van der Waals surface area (Å²) in [5.41, 5.74) is -5.21. The number of aliphatic hydroxyl groups excluding tert-OH is 1. The number of allylic oxidation sites excluding steroid dienone is 1. The second-order valence-electron chi connectivity index (χ2n) is 13.3. The quantitative estimate of drug-likeness (QED) is 0.404. The molecule has 0 aromatic carbocycles. The van der Waals surface area contributed by atoms with Crippen LogP contribution in [0.15, 0.2) is 12.2 Å². The van der Waals surface area contributed by atoms with Gasteiger partial charge in [-0.25, -0.2) is 0 Å². The van der Waals surface area contributed by atoms with E-state index in [0.717, 1.165) is 12.8 Å². The van der Waals surface area contributed by atoms with E-state index in [2.05, 4.69) is 6.92 Å². The van der Waals surface area contributed by atoms with E-state index in [1.165, 1.54) is 6.08 Å². The van der Waals surface area contributed by atoms with Crippen molar-refractivity contribution < 1.29 is 34.4 Å². The van der Waals surface area contributed by atoms with Gasteiger partial charge in [-0.15, -0.1) is 0 Å². The molecular formula is C28H40O7. The molecule has 4 aliphatic carbocycles. The Morgan fingerprint density at radius 2 is 1.77 bits per heavy atom. The summed E-state index contributed by atoms with van der Waals surface area (Å²) in [4.78, 5) is 25.8. The summed E-state index contributed by atoms with van der Waals surface area (Å²) in [5.74, 6) is -0.146. The minimum Gasteiger partial charge on any atom is -0.459 e. The molecule has 6 rings (SSSR count). The summed E-state index contributed by atoms with van der Waals surface area (Å²) in [7, 11) is 0. The van der Waals surface area contributed by atoms with Crippen LogP contribution >= 0.6 is 0 Å². The average Bonchev–Trinajstić information content (AvgIpc) is 3.47. The molecule has 0 amide bonds. The molecule has 13 unspecified atom stereocenters.